The number of pyridine rings is 1. The molecule has 2 rings (SSSR count). The Morgan fingerprint density at radius 1 is 1.19 bits per heavy atom. The van der Waals surface area contributed by atoms with E-state index in [-0.39, 0.29) is 0 Å². The van der Waals surface area contributed by atoms with E-state index in [1.165, 1.54) is 4.31 Å². The maximum Gasteiger partial charge on any atom is 0.243 e. The van der Waals surface area contributed by atoms with Crippen LogP contribution in [0.5, 0.6) is 0 Å². The third-order valence-electron chi connectivity index (χ3n) is 3.46. The van der Waals surface area contributed by atoms with Gasteiger partial charge in [0.25, 0.3) is 0 Å². The molecule has 2 N–H and O–H groups in total. The largest absolute Gasteiger partial charge is 0.326 e. The van der Waals surface area contributed by atoms with Crippen LogP contribution in [0.2, 0.25) is 0 Å². The van der Waals surface area contributed by atoms with Crippen molar-refractivity contribution in [3.8, 4) is 0 Å². The van der Waals surface area contributed by atoms with Gasteiger partial charge in [0.1, 0.15) is 0 Å². The van der Waals surface area contributed by atoms with Crippen LogP contribution in [0, 0.1) is 6.92 Å². The van der Waals surface area contributed by atoms with E-state index in [0.29, 0.717) is 23.5 Å². The van der Waals surface area contributed by atoms with Crippen LogP contribution in [0.4, 0.5) is 0 Å². The molecule has 2 aromatic rings. The molecule has 0 saturated carbocycles. The lowest BCUT2D eigenvalue weighted by molar-refractivity contribution is 0.466. The fourth-order valence-corrected chi connectivity index (χ4v) is 3.58. The van der Waals surface area contributed by atoms with E-state index in [0.717, 1.165) is 11.1 Å². The number of nitrogens with two attached hydrogens (primary N) is 1. The van der Waals surface area contributed by atoms with E-state index in [1.54, 1.807) is 50.6 Å². The SMILES string of the molecule is Cc1c(CN)cccc1S(=O)(=O)N(C)Cc1ccncc1. The Morgan fingerprint density at radius 2 is 1.86 bits per heavy atom. The summed E-state index contributed by atoms with van der Waals surface area (Å²) in [4.78, 5) is 4.24. The van der Waals surface area contributed by atoms with E-state index < -0.39 is 10.0 Å². The normalized spacial score (nSPS) is 11.8. The van der Waals surface area contributed by atoms with Crippen molar-refractivity contribution in [1.29, 1.82) is 0 Å². The number of benzene rings is 1. The summed E-state index contributed by atoms with van der Waals surface area (Å²) in [7, 11) is -1.97. The first-order chi connectivity index (χ1) is 9.96. The Hall–Kier alpha value is -1.76. The quantitative estimate of drug-likeness (QED) is 0.911. The standard InChI is InChI=1S/C15H19N3O2S/c1-12-14(10-16)4-3-5-15(12)21(19,20)18(2)11-13-6-8-17-9-7-13/h3-9H,10-11,16H2,1-2H3. The number of hydrogen-bond donors (Lipinski definition) is 1. The molecule has 0 aliphatic carbocycles. The minimum Gasteiger partial charge on any atom is -0.326 e. The summed E-state index contributed by atoms with van der Waals surface area (Å²) in [6, 6.07) is 8.79. The number of nitrogens with zero attached hydrogens (tertiary/aromatic N) is 2. The fraction of sp³-hybridized carbons (Fsp3) is 0.267. The Balaban J connectivity index is 2.34. The molecular weight excluding hydrogens is 286 g/mol. The highest BCUT2D eigenvalue weighted by molar-refractivity contribution is 7.89. The molecule has 0 atom stereocenters. The lowest BCUT2D eigenvalue weighted by Gasteiger charge is -2.19. The van der Waals surface area contributed by atoms with Crippen molar-refractivity contribution in [3.63, 3.8) is 0 Å². The molecular formula is C15H19N3O2S. The van der Waals surface area contributed by atoms with Gasteiger partial charge in [-0.05, 0) is 41.8 Å². The van der Waals surface area contributed by atoms with E-state index in [9.17, 15) is 8.42 Å². The minimum absolute atomic E-state index is 0.303. The Morgan fingerprint density at radius 3 is 2.48 bits per heavy atom. The molecule has 6 heteroatoms. The van der Waals surface area contributed by atoms with E-state index in [2.05, 4.69) is 4.98 Å². The van der Waals surface area contributed by atoms with Gasteiger partial charge in [-0.15, -0.1) is 0 Å². The van der Waals surface area contributed by atoms with Gasteiger partial charge in [-0.2, -0.15) is 4.31 Å². The van der Waals surface area contributed by atoms with Crippen LogP contribution >= 0.6 is 0 Å². The van der Waals surface area contributed by atoms with E-state index in [1.807, 2.05) is 6.07 Å². The molecule has 0 aliphatic heterocycles. The first-order valence-electron chi connectivity index (χ1n) is 6.60. The molecule has 1 aromatic heterocycles. The molecule has 0 aliphatic rings. The van der Waals surface area contributed by atoms with Crippen LogP contribution in [0.3, 0.4) is 0 Å². The predicted molar refractivity (Wildman–Crippen MR) is 82.0 cm³/mol. The fourth-order valence-electron chi connectivity index (χ4n) is 2.16. The van der Waals surface area contributed by atoms with Crippen molar-refractivity contribution in [2.75, 3.05) is 7.05 Å². The predicted octanol–water partition coefficient (Wildman–Crippen LogP) is 1.67. The third-order valence-corrected chi connectivity index (χ3v) is 5.41. The van der Waals surface area contributed by atoms with Gasteiger partial charge in [0, 0.05) is 32.5 Å². The van der Waals surface area contributed by atoms with Gasteiger partial charge in [0.2, 0.25) is 10.0 Å². The zero-order valence-corrected chi connectivity index (χ0v) is 13.0. The molecule has 0 radical (unpaired) electrons. The summed E-state index contributed by atoms with van der Waals surface area (Å²) in [5.41, 5.74) is 8.09. The molecule has 112 valence electrons. The second kappa shape index (κ2) is 6.34. The molecule has 0 fully saturated rings. The topological polar surface area (TPSA) is 76.3 Å². The van der Waals surface area contributed by atoms with Crippen LogP contribution in [-0.4, -0.2) is 24.8 Å². The first-order valence-corrected chi connectivity index (χ1v) is 8.04. The molecule has 0 saturated heterocycles. The summed E-state index contributed by atoms with van der Waals surface area (Å²) in [5.74, 6) is 0. The van der Waals surface area contributed by atoms with E-state index in [4.69, 9.17) is 5.73 Å². The van der Waals surface area contributed by atoms with Crippen LogP contribution in [0.1, 0.15) is 16.7 Å². The van der Waals surface area contributed by atoms with Gasteiger partial charge >= 0.3 is 0 Å². The maximum atomic E-state index is 12.7. The van der Waals surface area contributed by atoms with Crippen LogP contribution in [0.25, 0.3) is 0 Å². The van der Waals surface area contributed by atoms with Gasteiger partial charge in [-0.25, -0.2) is 8.42 Å². The summed E-state index contributed by atoms with van der Waals surface area (Å²) in [5, 5.41) is 0. The number of hydrogen-bond acceptors (Lipinski definition) is 4. The summed E-state index contributed by atoms with van der Waals surface area (Å²) >= 11 is 0. The number of aromatic nitrogens is 1. The zero-order valence-electron chi connectivity index (χ0n) is 12.2. The monoisotopic (exact) mass is 305 g/mol. The second-order valence-corrected chi connectivity index (χ2v) is 6.87. The molecule has 1 heterocycles. The van der Waals surface area contributed by atoms with Gasteiger partial charge in [0.05, 0.1) is 4.90 Å². The van der Waals surface area contributed by atoms with Gasteiger partial charge < -0.3 is 5.73 Å². The average molecular weight is 305 g/mol. The molecule has 0 spiro atoms. The van der Waals surface area contributed by atoms with Crippen molar-refractivity contribution in [2.45, 2.75) is 24.9 Å². The molecule has 5 nitrogen and oxygen atoms in total. The molecule has 0 amide bonds. The average Bonchev–Trinajstić information content (AvgIpc) is 2.48. The van der Waals surface area contributed by atoms with Gasteiger partial charge in [-0.3, -0.25) is 4.98 Å². The van der Waals surface area contributed by atoms with Crippen LogP contribution in [-0.2, 0) is 23.1 Å². The zero-order chi connectivity index (χ0) is 15.5. The number of sulfonamides is 1. The Labute approximate surface area is 125 Å². The molecule has 0 unspecified atom stereocenters. The lowest BCUT2D eigenvalue weighted by Crippen LogP contribution is -2.27. The molecule has 21 heavy (non-hydrogen) atoms. The minimum atomic E-state index is -3.54. The Bertz CT molecular complexity index is 715. The summed E-state index contributed by atoms with van der Waals surface area (Å²) in [6.07, 6.45) is 3.30. The van der Waals surface area contributed by atoms with Crippen LogP contribution < -0.4 is 5.73 Å². The van der Waals surface area contributed by atoms with Crippen molar-refractivity contribution in [1.82, 2.24) is 9.29 Å². The Kier molecular flexibility index (Phi) is 4.72. The van der Waals surface area contributed by atoms with Gasteiger partial charge in [-0.1, -0.05) is 12.1 Å². The second-order valence-electron chi connectivity index (χ2n) is 4.86. The first kappa shape index (κ1) is 15.6. The van der Waals surface area contributed by atoms with Crippen molar-refractivity contribution in [3.05, 3.63) is 59.4 Å². The maximum absolute atomic E-state index is 12.7. The highest BCUT2D eigenvalue weighted by Crippen LogP contribution is 2.22. The smallest absolute Gasteiger partial charge is 0.243 e. The number of rotatable bonds is 5. The third kappa shape index (κ3) is 3.29. The summed E-state index contributed by atoms with van der Waals surface area (Å²) in [6.45, 7) is 2.41. The van der Waals surface area contributed by atoms with Gasteiger partial charge in [0.15, 0.2) is 0 Å². The highest BCUT2D eigenvalue weighted by atomic mass is 32.2. The lowest BCUT2D eigenvalue weighted by atomic mass is 10.1. The van der Waals surface area contributed by atoms with Crippen molar-refractivity contribution in [2.24, 2.45) is 5.73 Å². The van der Waals surface area contributed by atoms with Crippen molar-refractivity contribution >= 4 is 10.0 Å². The van der Waals surface area contributed by atoms with Crippen molar-refractivity contribution < 1.29 is 8.42 Å². The molecule has 1 aromatic carbocycles. The van der Waals surface area contributed by atoms with Crippen LogP contribution in [0.15, 0.2) is 47.6 Å². The van der Waals surface area contributed by atoms with E-state index >= 15 is 0 Å². The highest BCUT2D eigenvalue weighted by Gasteiger charge is 2.23. The summed E-state index contributed by atoms with van der Waals surface area (Å²) < 4.78 is 26.7. The molecule has 0 bridgehead atoms.